The highest BCUT2D eigenvalue weighted by Gasteiger charge is 2.29. The fraction of sp³-hybridized carbons (Fsp3) is 0.550. The Hall–Kier alpha value is -2.22. The molecule has 0 unspecified atom stereocenters. The van der Waals surface area contributed by atoms with E-state index in [1.54, 1.807) is 0 Å². The third-order valence-electron chi connectivity index (χ3n) is 5.47. The summed E-state index contributed by atoms with van der Waals surface area (Å²) in [6.07, 6.45) is 3.36. The molecule has 2 aliphatic rings. The van der Waals surface area contributed by atoms with Crippen LogP contribution >= 0.6 is 11.8 Å². The van der Waals surface area contributed by atoms with E-state index in [9.17, 15) is 4.79 Å². The van der Waals surface area contributed by atoms with Gasteiger partial charge in [-0.15, -0.1) is 10.2 Å². The molecule has 3 heterocycles. The molecule has 0 N–H and O–H groups in total. The second-order valence-corrected chi connectivity index (χ2v) is 8.28. The molecule has 1 saturated heterocycles. The summed E-state index contributed by atoms with van der Waals surface area (Å²) in [5.74, 6) is 2.81. The van der Waals surface area contributed by atoms with Crippen LogP contribution in [0.5, 0.6) is 11.5 Å². The maximum Gasteiger partial charge on any atom is 0.233 e. The van der Waals surface area contributed by atoms with Crippen molar-refractivity contribution in [3.8, 4) is 22.9 Å². The summed E-state index contributed by atoms with van der Waals surface area (Å²) in [5, 5.41) is 9.48. The summed E-state index contributed by atoms with van der Waals surface area (Å²) >= 11 is 1.46. The highest BCUT2D eigenvalue weighted by atomic mass is 32.2. The van der Waals surface area contributed by atoms with Crippen molar-refractivity contribution in [2.75, 3.05) is 12.5 Å². The molecule has 8 heteroatoms. The Morgan fingerprint density at radius 2 is 1.93 bits per heavy atom. The molecule has 1 amide bonds. The van der Waals surface area contributed by atoms with Crippen molar-refractivity contribution >= 4 is 17.7 Å². The average molecular weight is 403 g/mol. The number of fused-ring (bicyclic) bond motifs is 1. The minimum absolute atomic E-state index is 0.181. The van der Waals surface area contributed by atoms with Crippen molar-refractivity contribution in [3.63, 3.8) is 0 Å². The normalized spacial score (nSPS) is 21.2. The van der Waals surface area contributed by atoms with Crippen molar-refractivity contribution < 1.29 is 14.3 Å². The van der Waals surface area contributed by atoms with Crippen molar-refractivity contribution in [2.24, 2.45) is 0 Å². The number of aromatic nitrogens is 3. The third kappa shape index (κ3) is 3.57. The molecule has 2 aliphatic heterocycles. The molecule has 28 heavy (non-hydrogen) atoms. The number of thioether (sulfide) groups is 1. The van der Waals surface area contributed by atoms with E-state index in [0.29, 0.717) is 17.8 Å². The summed E-state index contributed by atoms with van der Waals surface area (Å²) in [4.78, 5) is 14.9. The summed E-state index contributed by atoms with van der Waals surface area (Å²) in [5.41, 5.74) is 0.926. The van der Waals surface area contributed by atoms with Gasteiger partial charge in [0.05, 0.1) is 5.75 Å². The van der Waals surface area contributed by atoms with Crippen LogP contribution in [-0.2, 0) is 11.3 Å². The molecule has 150 valence electrons. The van der Waals surface area contributed by atoms with Crippen LogP contribution in [0, 0.1) is 0 Å². The number of carbonyl (C=O) groups excluding carboxylic acids is 1. The molecule has 1 aromatic heterocycles. The molecule has 0 bridgehead atoms. The number of rotatable bonds is 5. The lowest BCUT2D eigenvalue weighted by molar-refractivity contribution is -0.134. The SMILES string of the molecule is CCn1c(SCC(=O)N2[C@H](C)CCC[C@@H]2C)nnc1-c1ccc2c(c1)OCO2. The van der Waals surface area contributed by atoms with E-state index in [1.807, 2.05) is 27.7 Å². The number of ether oxygens (including phenoxy) is 2. The highest BCUT2D eigenvalue weighted by molar-refractivity contribution is 7.99. The lowest BCUT2D eigenvalue weighted by Gasteiger charge is -2.39. The molecule has 0 radical (unpaired) electrons. The van der Waals surface area contributed by atoms with E-state index in [1.165, 1.54) is 18.2 Å². The fourth-order valence-corrected chi connectivity index (χ4v) is 4.92. The lowest BCUT2D eigenvalue weighted by Crippen LogP contribution is -2.48. The standard InChI is InChI=1S/C20H26N4O3S/c1-4-23-19(15-8-9-16-17(10-15)27-12-26-16)21-22-20(23)28-11-18(25)24-13(2)6-5-7-14(24)3/h8-10,13-14H,4-7,11-12H2,1-3H3/t13-,14+. The van der Waals surface area contributed by atoms with Gasteiger partial charge in [0.1, 0.15) is 0 Å². The van der Waals surface area contributed by atoms with E-state index in [-0.39, 0.29) is 12.7 Å². The number of piperidine rings is 1. The first-order valence-electron chi connectivity index (χ1n) is 9.85. The molecule has 7 nitrogen and oxygen atoms in total. The first kappa shape index (κ1) is 19.1. The van der Waals surface area contributed by atoms with Crippen molar-refractivity contribution in [1.29, 1.82) is 0 Å². The number of amides is 1. The molecule has 0 aliphatic carbocycles. The second kappa shape index (κ2) is 8.03. The minimum atomic E-state index is 0.181. The maximum atomic E-state index is 12.8. The quantitative estimate of drug-likeness (QED) is 0.712. The van der Waals surface area contributed by atoms with Crippen molar-refractivity contribution in [3.05, 3.63) is 18.2 Å². The lowest BCUT2D eigenvalue weighted by atomic mass is 9.98. The Morgan fingerprint density at radius 1 is 1.18 bits per heavy atom. The van der Waals surface area contributed by atoms with Crippen LogP contribution in [0.1, 0.15) is 40.0 Å². The van der Waals surface area contributed by atoms with Crippen LogP contribution < -0.4 is 9.47 Å². The molecular weight excluding hydrogens is 376 g/mol. The zero-order chi connectivity index (χ0) is 19.7. The molecule has 4 rings (SSSR count). The molecule has 2 aromatic rings. The Bertz CT molecular complexity index is 859. The molecule has 1 fully saturated rings. The topological polar surface area (TPSA) is 69.5 Å². The second-order valence-electron chi connectivity index (χ2n) is 7.34. The Kier molecular flexibility index (Phi) is 5.48. The number of nitrogens with zero attached hydrogens (tertiary/aromatic N) is 4. The largest absolute Gasteiger partial charge is 0.454 e. The van der Waals surface area contributed by atoms with Gasteiger partial charge in [0.15, 0.2) is 22.5 Å². The van der Waals surface area contributed by atoms with Crippen LogP contribution in [0.4, 0.5) is 0 Å². The van der Waals surface area contributed by atoms with Crippen molar-refractivity contribution in [1.82, 2.24) is 19.7 Å². The maximum absolute atomic E-state index is 12.8. The van der Waals surface area contributed by atoms with Crippen LogP contribution in [0.25, 0.3) is 11.4 Å². The fourth-order valence-electron chi connectivity index (χ4n) is 4.04. The zero-order valence-electron chi connectivity index (χ0n) is 16.6. The van der Waals surface area contributed by atoms with Crippen LogP contribution in [-0.4, -0.2) is 50.2 Å². The molecule has 2 atom stereocenters. The number of hydrogen-bond donors (Lipinski definition) is 0. The summed E-state index contributed by atoms with van der Waals surface area (Å²) in [6, 6.07) is 6.40. The minimum Gasteiger partial charge on any atom is -0.454 e. The van der Waals surface area contributed by atoms with Gasteiger partial charge in [-0.25, -0.2) is 0 Å². The Morgan fingerprint density at radius 3 is 2.68 bits per heavy atom. The summed E-state index contributed by atoms with van der Waals surface area (Å²) < 4.78 is 12.9. The molecular formula is C20H26N4O3S. The molecule has 1 aromatic carbocycles. The van der Waals surface area contributed by atoms with E-state index < -0.39 is 0 Å². The van der Waals surface area contributed by atoms with Crippen LogP contribution in [0.15, 0.2) is 23.4 Å². The van der Waals surface area contributed by atoms with Crippen LogP contribution in [0.2, 0.25) is 0 Å². The van der Waals surface area contributed by atoms with Gasteiger partial charge >= 0.3 is 0 Å². The van der Waals surface area contributed by atoms with Gasteiger partial charge in [-0.1, -0.05) is 11.8 Å². The number of hydrogen-bond acceptors (Lipinski definition) is 6. The summed E-state index contributed by atoms with van der Waals surface area (Å²) in [7, 11) is 0. The van der Waals surface area contributed by atoms with Gasteiger partial charge in [0.2, 0.25) is 12.7 Å². The van der Waals surface area contributed by atoms with E-state index in [4.69, 9.17) is 9.47 Å². The van der Waals surface area contributed by atoms with Gasteiger partial charge in [-0.2, -0.15) is 0 Å². The predicted molar refractivity (Wildman–Crippen MR) is 108 cm³/mol. The number of likely N-dealkylation sites (tertiary alicyclic amines) is 1. The van der Waals surface area contributed by atoms with Crippen LogP contribution in [0.3, 0.4) is 0 Å². The monoisotopic (exact) mass is 402 g/mol. The van der Waals surface area contributed by atoms with Gasteiger partial charge in [-0.3, -0.25) is 4.79 Å². The Labute approximate surface area is 169 Å². The third-order valence-corrected chi connectivity index (χ3v) is 6.42. The van der Waals surface area contributed by atoms with E-state index in [2.05, 4.69) is 31.0 Å². The zero-order valence-corrected chi connectivity index (χ0v) is 17.4. The number of carbonyl (C=O) groups is 1. The predicted octanol–water partition coefficient (Wildman–Crippen LogP) is 3.58. The summed E-state index contributed by atoms with van der Waals surface area (Å²) in [6.45, 7) is 7.31. The first-order valence-corrected chi connectivity index (χ1v) is 10.8. The molecule has 0 saturated carbocycles. The highest BCUT2D eigenvalue weighted by Crippen LogP contribution is 2.36. The molecule has 0 spiro atoms. The Balaban J connectivity index is 1.49. The van der Waals surface area contributed by atoms with E-state index >= 15 is 0 Å². The first-order chi connectivity index (χ1) is 13.6. The van der Waals surface area contributed by atoms with Gasteiger partial charge < -0.3 is 18.9 Å². The van der Waals surface area contributed by atoms with Crippen molar-refractivity contribution in [2.45, 2.75) is 63.8 Å². The van der Waals surface area contributed by atoms with Gasteiger partial charge in [-0.05, 0) is 58.2 Å². The van der Waals surface area contributed by atoms with Gasteiger partial charge in [0.25, 0.3) is 0 Å². The smallest absolute Gasteiger partial charge is 0.233 e. The van der Waals surface area contributed by atoms with Gasteiger partial charge in [0, 0.05) is 24.2 Å². The number of benzene rings is 1. The average Bonchev–Trinajstić information content (AvgIpc) is 3.31. The van der Waals surface area contributed by atoms with E-state index in [0.717, 1.165) is 47.4 Å².